The number of rotatable bonds is 7. The highest BCUT2D eigenvalue weighted by Gasteiger charge is 2.20. The molecule has 0 atom stereocenters. The standard InChI is InChI=1S/C14H22N2O2/c1-16(7-8-18-10-11-3-4-11)12-5-6-13(15)14(9-12)17-2/h5-6,9,11H,3-4,7-8,10,15H2,1-2H3. The van der Waals surface area contributed by atoms with Gasteiger partial charge in [0.05, 0.1) is 19.4 Å². The lowest BCUT2D eigenvalue weighted by Gasteiger charge is -2.20. The van der Waals surface area contributed by atoms with Gasteiger partial charge in [0.2, 0.25) is 0 Å². The van der Waals surface area contributed by atoms with E-state index in [0.29, 0.717) is 5.69 Å². The second kappa shape index (κ2) is 5.96. The Kier molecular flexibility index (Phi) is 4.31. The van der Waals surface area contributed by atoms with Crippen LogP contribution in [0.5, 0.6) is 5.75 Å². The van der Waals surface area contributed by atoms with Crippen molar-refractivity contribution < 1.29 is 9.47 Å². The second-order valence-electron chi connectivity index (χ2n) is 4.87. The third-order valence-electron chi connectivity index (χ3n) is 3.28. The minimum Gasteiger partial charge on any atom is -0.495 e. The Morgan fingerprint density at radius 1 is 1.39 bits per heavy atom. The van der Waals surface area contributed by atoms with Crippen molar-refractivity contribution in [2.75, 3.05) is 44.5 Å². The molecule has 18 heavy (non-hydrogen) atoms. The Morgan fingerprint density at radius 3 is 2.83 bits per heavy atom. The van der Waals surface area contributed by atoms with E-state index < -0.39 is 0 Å². The Bertz CT molecular complexity index is 391. The molecule has 2 rings (SSSR count). The maximum Gasteiger partial charge on any atom is 0.143 e. The van der Waals surface area contributed by atoms with Crippen LogP contribution in [0.25, 0.3) is 0 Å². The fourth-order valence-corrected chi connectivity index (χ4v) is 1.80. The van der Waals surface area contributed by atoms with Gasteiger partial charge >= 0.3 is 0 Å². The van der Waals surface area contributed by atoms with Gasteiger partial charge in [0.1, 0.15) is 5.75 Å². The van der Waals surface area contributed by atoms with Gasteiger partial charge in [0.25, 0.3) is 0 Å². The van der Waals surface area contributed by atoms with E-state index in [1.807, 2.05) is 25.2 Å². The monoisotopic (exact) mass is 250 g/mol. The molecule has 1 aliphatic rings. The first-order valence-corrected chi connectivity index (χ1v) is 6.43. The molecule has 0 amide bonds. The summed E-state index contributed by atoms with van der Waals surface area (Å²) in [7, 11) is 3.68. The SMILES string of the molecule is COc1cc(N(C)CCOCC2CC2)ccc1N. The summed E-state index contributed by atoms with van der Waals surface area (Å²) in [6.45, 7) is 2.55. The Balaban J connectivity index is 1.81. The van der Waals surface area contributed by atoms with Crippen LogP contribution >= 0.6 is 0 Å². The van der Waals surface area contributed by atoms with E-state index in [1.165, 1.54) is 12.8 Å². The average Bonchev–Trinajstić information content (AvgIpc) is 3.19. The molecule has 1 fully saturated rings. The summed E-state index contributed by atoms with van der Waals surface area (Å²) < 4.78 is 10.9. The number of likely N-dealkylation sites (N-methyl/N-ethyl adjacent to an activating group) is 1. The molecule has 1 aromatic carbocycles. The Labute approximate surface area is 109 Å². The molecule has 4 heteroatoms. The summed E-state index contributed by atoms with van der Waals surface area (Å²) in [5.74, 6) is 1.55. The average molecular weight is 250 g/mol. The molecule has 2 N–H and O–H groups in total. The minimum atomic E-state index is 0.666. The number of hydrogen-bond donors (Lipinski definition) is 1. The van der Waals surface area contributed by atoms with Crippen LogP contribution < -0.4 is 15.4 Å². The number of anilines is 2. The molecule has 100 valence electrons. The number of nitrogens with two attached hydrogens (primary N) is 1. The highest BCUT2D eigenvalue weighted by atomic mass is 16.5. The van der Waals surface area contributed by atoms with Crippen molar-refractivity contribution in [3.63, 3.8) is 0 Å². The van der Waals surface area contributed by atoms with Crippen molar-refractivity contribution in [2.45, 2.75) is 12.8 Å². The molecule has 0 spiro atoms. The minimum absolute atomic E-state index is 0.666. The molecule has 0 aromatic heterocycles. The Hall–Kier alpha value is -1.42. The van der Waals surface area contributed by atoms with Crippen LogP contribution in [0.1, 0.15) is 12.8 Å². The third kappa shape index (κ3) is 3.53. The van der Waals surface area contributed by atoms with Crippen molar-refractivity contribution in [3.8, 4) is 5.75 Å². The maximum absolute atomic E-state index is 5.79. The maximum atomic E-state index is 5.79. The number of hydrogen-bond acceptors (Lipinski definition) is 4. The highest BCUT2D eigenvalue weighted by molar-refractivity contribution is 5.62. The molecule has 4 nitrogen and oxygen atoms in total. The molecular weight excluding hydrogens is 228 g/mol. The fraction of sp³-hybridized carbons (Fsp3) is 0.571. The molecular formula is C14H22N2O2. The Morgan fingerprint density at radius 2 is 2.17 bits per heavy atom. The molecule has 0 bridgehead atoms. The van der Waals surface area contributed by atoms with Gasteiger partial charge in [0, 0.05) is 32.0 Å². The summed E-state index contributed by atoms with van der Waals surface area (Å²) >= 11 is 0. The number of nitrogens with zero attached hydrogens (tertiary/aromatic N) is 1. The van der Waals surface area contributed by atoms with E-state index in [2.05, 4.69) is 4.90 Å². The first-order chi connectivity index (χ1) is 8.70. The van der Waals surface area contributed by atoms with Gasteiger partial charge in [-0.15, -0.1) is 0 Å². The largest absolute Gasteiger partial charge is 0.495 e. The summed E-state index contributed by atoms with van der Waals surface area (Å²) in [4.78, 5) is 2.15. The molecule has 1 saturated carbocycles. The van der Waals surface area contributed by atoms with Crippen molar-refractivity contribution in [2.24, 2.45) is 5.92 Å². The normalized spacial score (nSPS) is 14.6. The number of methoxy groups -OCH3 is 1. The van der Waals surface area contributed by atoms with Crippen molar-refractivity contribution in [1.29, 1.82) is 0 Å². The summed E-state index contributed by atoms with van der Waals surface area (Å²) in [6.07, 6.45) is 2.68. The lowest BCUT2D eigenvalue weighted by molar-refractivity contribution is 0.131. The van der Waals surface area contributed by atoms with Gasteiger partial charge in [0.15, 0.2) is 0 Å². The molecule has 0 saturated heterocycles. The predicted molar refractivity (Wildman–Crippen MR) is 74.2 cm³/mol. The van der Waals surface area contributed by atoms with Crippen LogP contribution in [-0.2, 0) is 4.74 Å². The van der Waals surface area contributed by atoms with E-state index >= 15 is 0 Å². The van der Waals surface area contributed by atoms with Gasteiger partial charge in [-0.05, 0) is 30.9 Å². The molecule has 1 aromatic rings. The second-order valence-corrected chi connectivity index (χ2v) is 4.87. The lowest BCUT2D eigenvalue weighted by Crippen LogP contribution is -2.23. The van der Waals surface area contributed by atoms with E-state index in [0.717, 1.165) is 37.1 Å². The van der Waals surface area contributed by atoms with E-state index in [-0.39, 0.29) is 0 Å². The van der Waals surface area contributed by atoms with Crippen molar-refractivity contribution >= 4 is 11.4 Å². The first-order valence-electron chi connectivity index (χ1n) is 6.43. The quantitative estimate of drug-likeness (QED) is 0.595. The number of benzene rings is 1. The van der Waals surface area contributed by atoms with E-state index in [4.69, 9.17) is 15.2 Å². The first kappa shape index (κ1) is 13.0. The fourth-order valence-electron chi connectivity index (χ4n) is 1.80. The lowest BCUT2D eigenvalue weighted by atomic mass is 10.2. The van der Waals surface area contributed by atoms with Gasteiger partial charge in [-0.25, -0.2) is 0 Å². The molecule has 0 aliphatic heterocycles. The van der Waals surface area contributed by atoms with Gasteiger partial charge in [-0.1, -0.05) is 0 Å². The third-order valence-corrected chi connectivity index (χ3v) is 3.28. The van der Waals surface area contributed by atoms with Crippen LogP contribution in [-0.4, -0.2) is 33.9 Å². The van der Waals surface area contributed by atoms with E-state index in [1.54, 1.807) is 7.11 Å². The smallest absolute Gasteiger partial charge is 0.143 e. The van der Waals surface area contributed by atoms with Crippen molar-refractivity contribution in [1.82, 2.24) is 0 Å². The molecule has 0 radical (unpaired) electrons. The predicted octanol–water partition coefficient (Wildman–Crippen LogP) is 2.14. The zero-order valence-electron chi connectivity index (χ0n) is 11.2. The zero-order valence-corrected chi connectivity index (χ0v) is 11.2. The van der Waals surface area contributed by atoms with Crippen molar-refractivity contribution in [3.05, 3.63) is 18.2 Å². The van der Waals surface area contributed by atoms with Crippen LogP contribution in [0.3, 0.4) is 0 Å². The summed E-state index contributed by atoms with van der Waals surface area (Å²) in [6, 6.07) is 5.82. The summed E-state index contributed by atoms with van der Waals surface area (Å²) in [5.41, 5.74) is 7.55. The molecule has 1 aliphatic carbocycles. The number of ether oxygens (including phenoxy) is 2. The zero-order chi connectivity index (χ0) is 13.0. The molecule has 0 heterocycles. The van der Waals surface area contributed by atoms with Crippen LogP contribution in [0, 0.1) is 5.92 Å². The number of nitrogen functional groups attached to an aromatic ring is 1. The highest BCUT2D eigenvalue weighted by Crippen LogP contribution is 2.29. The van der Waals surface area contributed by atoms with Crippen LogP contribution in [0.15, 0.2) is 18.2 Å². The van der Waals surface area contributed by atoms with Crippen LogP contribution in [0.2, 0.25) is 0 Å². The van der Waals surface area contributed by atoms with Crippen LogP contribution in [0.4, 0.5) is 11.4 Å². The van der Waals surface area contributed by atoms with Gasteiger partial charge in [-0.2, -0.15) is 0 Å². The molecule has 0 unspecified atom stereocenters. The summed E-state index contributed by atoms with van der Waals surface area (Å²) in [5, 5.41) is 0. The van der Waals surface area contributed by atoms with E-state index in [9.17, 15) is 0 Å². The van der Waals surface area contributed by atoms with Gasteiger partial charge < -0.3 is 20.1 Å². The van der Waals surface area contributed by atoms with Gasteiger partial charge in [-0.3, -0.25) is 0 Å². The topological polar surface area (TPSA) is 47.7 Å².